The molecule has 2 spiro atoms. The predicted octanol–water partition coefficient (Wildman–Crippen LogP) is 4.73. The van der Waals surface area contributed by atoms with Gasteiger partial charge in [0, 0.05) is 28.1 Å². The summed E-state index contributed by atoms with van der Waals surface area (Å²) in [6.45, 7) is 13.1. The van der Waals surface area contributed by atoms with E-state index < -0.39 is 69.9 Å². The number of hydrogen-bond donors (Lipinski definition) is 1. The Balaban J connectivity index is 1.45. The number of aliphatic hydroxyl groups excluding tert-OH is 1. The van der Waals surface area contributed by atoms with Crippen LogP contribution in [0.3, 0.4) is 0 Å². The van der Waals surface area contributed by atoms with E-state index in [0.29, 0.717) is 19.6 Å². The van der Waals surface area contributed by atoms with Crippen molar-refractivity contribution >= 4 is 6.16 Å². The Morgan fingerprint density at radius 3 is 2.46 bits per heavy atom. The fourth-order valence-corrected chi connectivity index (χ4v) is 9.88. The number of rotatable bonds is 3. The second-order valence-corrected chi connectivity index (χ2v) is 14.1. The highest BCUT2D eigenvalue weighted by molar-refractivity contribution is 5.64. The van der Waals surface area contributed by atoms with Gasteiger partial charge in [-0.05, 0) is 32.3 Å². The van der Waals surface area contributed by atoms with Crippen molar-refractivity contribution in [1.82, 2.24) is 0 Å². The van der Waals surface area contributed by atoms with Crippen molar-refractivity contribution in [3.05, 3.63) is 48.0 Å². The summed E-state index contributed by atoms with van der Waals surface area (Å²) in [6, 6.07) is 10.1. The van der Waals surface area contributed by atoms with E-state index in [-0.39, 0.29) is 5.92 Å². The van der Waals surface area contributed by atoms with Crippen LogP contribution in [0.25, 0.3) is 0 Å². The Kier molecular flexibility index (Phi) is 5.23. The third kappa shape index (κ3) is 3.15. The molecule has 0 aromatic heterocycles. The molecule has 3 saturated carbocycles. The van der Waals surface area contributed by atoms with Crippen LogP contribution in [0.2, 0.25) is 0 Å². The van der Waals surface area contributed by atoms with Crippen LogP contribution in [0.4, 0.5) is 4.79 Å². The van der Waals surface area contributed by atoms with Crippen LogP contribution in [-0.4, -0.2) is 59.5 Å². The lowest BCUT2D eigenvalue weighted by Crippen LogP contribution is -2.75. The van der Waals surface area contributed by atoms with E-state index in [0.717, 1.165) is 12.0 Å². The molecule has 1 N–H and O–H groups in total. The van der Waals surface area contributed by atoms with Gasteiger partial charge in [-0.3, -0.25) is 0 Å². The highest BCUT2D eigenvalue weighted by Crippen LogP contribution is 2.74. The standard InChI is InChI=1S/C31H40O8/c1-26(2)21-23(32)37-24-28(21,5)14-15-31(26)22(36-25(33)38-31)20-29(24,6)19(34-16-18-10-8-7-9-11-18)12-13-30(20)17-35-27(3,4)39-30/h7-13,19-24,32H,14-17H2,1-6H3/t19-,20-,21-,22-,23?,24+,28-,29+,30+,31+/m0/s1. The van der Waals surface area contributed by atoms with Crippen LogP contribution in [0.5, 0.6) is 0 Å². The summed E-state index contributed by atoms with van der Waals surface area (Å²) in [4.78, 5) is 13.1. The number of carbonyl (C=O) groups is 1. The summed E-state index contributed by atoms with van der Waals surface area (Å²) in [7, 11) is 0. The molecule has 4 bridgehead atoms. The van der Waals surface area contributed by atoms with Crippen molar-refractivity contribution in [1.29, 1.82) is 0 Å². The van der Waals surface area contributed by atoms with Crippen LogP contribution in [-0.2, 0) is 35.0 Å². The molecule has 39 heavy (non-hydrogen) atoms. The van der Waals surface area contributed by atoms with E-state index in [1.165, 1.54) is 0 Å². The molecule has 3 heterocycles. The van der Waals surface area contributed by atoms with Gasteiger partial charge >= 0.3 is 6.16 Å². The molecule has 6 fully saturated rings. The molecule has 212 valence electrons. The van der Waals surface area contributed by atoms with Gasteiger partial charge in [0.15, 0.2) is 23.8 Å². The zero-order chi connectivity index (χ0) is 27.6. The number of benzene rings is 1. The fourth-order valence-electron chi connectivity index (χ4n) is 9.88. The summed E-state index contributed by atoms with van der Waals surface area (Å²) >= 11 is 0. The highest BCUT2D eigenvalue weighted by Gasteiger charge is 2.82. The maximum absolute atomic E-state index is 13.1. The number of fused-ring (bicyclic) bond motifs is 1. The largest absolute Gasteiger partial charge is 0.509 e. The topological polar surface area (TPSA) is 92.7 Å². The summed E-state index contributed by atoms with van der Waals surface area (Å²) in [5.74, 6) is -1.54. The Morgan fingerprint density at radius 2 is 1.77 bits per heavy atom. The predicted molar refractivity (Wildman–Crippen MR) is 139 cm³/mol. The first-order valence-corrected chi connectivity index (χ1v) is 14.2. The first-order chi connectivity index (χ1) is 18.3. The lowest BCUT2D eigenvalue weighted by molar-refractivity contribution is -0.273. The van der Waals surface area contributed by atoms with Crippen molar-refractivity contribution in [2.24, 2.45) is 28.1 Å². The minimum Gasteiger partial charge on any atom is -0.426 e. The molecule has 3 aliphatic heterocycles. The quantitative estimate of drug-likeness (QED) is 0.435. The Labute approximate surface area is 229 Å². The summed E-state index contributed by atoms with van der Waals surface area (Å²) in [6.07, 6.45) is 2.31. The third-order valence-corrected chi connectivity index (χ3v) is 11.3. The second kappa shape index (κ2) is 7.85. The van der Waals surface area contributed by atoms with Gasteiger partial charge in [-0.25, -0.2) is 4.79 Å². The maximum atomic E-state index is 13.1. The smallest absolute Gasteiger partial charge is 0.426 e. The molecule has 0 radical (unpaired) electrons. The van der Waals surface area contributed by atoms with E-state index in [2.05, 4.69) is 39.8 Å². The number of aliphatic hydroxyl groups is 1. The monoisotopic (exact) mass is 540 g/mol. The van der Waals surface area contributed by atoms with Crippen molar-refractivity contribution in [3.63, 3.8) is 0 Å². The Hall–Kier alpha value is -1.97. The summed E-state index contributed by atoms with van der Waals surface area (Å²) in [5, 5.41) is 11.6. The molecule has 8 heteroatoms. The van der Waals surface area contributed by atoms with Crippen molar-refractivity contribution in [2.75, 3.05) is 6.61 Å². The molecule has 3 saturated heterocycles. The van der Waals surface area contributed by atoms with Gasteiger partial charge in [0.2, 0.25) is 0 Å². The van der Waals surface area contributed by atoms with Gasteiger partial charge in [-0.1, -0.05) is 70.2 Å². The summed E-state index contributed by atoms with van der Waals surface area (Å²) < 4.78 is 38.9. The van der Waals surface area contributed by atoms with Gasteiger partial charge < -0.3 is 33.5 Å². The molecule has 7 aliphatic rings. The van der Waals surface area contributed by atoms with E-state index in [1.54, 1.807) is 0 Å². The van der Waals surface area contributed by atoms with Crippen molar-refractivity contribution in [3.8, 4) is 0 Å². The number of ether oxygens (including phenoxy) is 6. The second-order valence-electron chi connectivity index (χ2n) is 14.1. The zero-order valence-electron chi connectivity index (χ0n) is 23.6. The molecule has 8 rings (SSSR count). The molecule has 10 atom stereocenters. The SMILES string of the molecule is CC1(C)OC[C@@]2(C=C[C@H](OCc3ccccc3)[C@@]3(C)[C@@H]4OC(O)[C@H]5C(C)(C)[C@]6(CC[C@]45C)OC(=O)O[C@H]6[C@@H]32)O1. The van der Waals surface area contributed by atoms with Gasteiger partial charge in [-0.2, -0.15) is 0 Å². The van der Waals surface area contributed by atoms with Crippen LogP contribution >= 0.6 is 0 Å². The first kappa shape index (κ1) is 26.0. The van der Waals surface area contributed by atoms with Crippen LogP contribution in [0.1, 0.15) is 59.9 Å². The van der Waals surface area contributed by atoms with Crippen molar-refractivity contribution < 1.29 is 38.3 Å². The van der Waals surface area contributed by atoms with Gasteiger partial charge in [-0.15, -0.1) is 0 Å². The number of hydrogen-bond acceptors (Lipinski definition) is 8. The molecule has 1 aromatic carbocycles. The van der Waals surface area contributed by atoms with Gasteiger partial charge in [0.05, 0.1) is 25.4 Å². The van der Waals surface area contributed by atoms with Crippen molar-refractivity contribution in [2.45, 2.75) is 103 Å². The minimum absolute atomic E-state index is 0.271. The van der Waals surface area contributed by atoms with Crippen LogP contribution in [0.15, 0.2) is 42.5 Å². The zero-order valence-corrected chi connectivity index (χ0v) is 23.6. The molecule has 1 aromatic rings. The van der Waals surface area contributed by atoms with Gasteiger partial charge in [0.25, 0.3) is 0 Å². The molecular formula is C31H40O8. The molecule has 1 unspecified atom stereocenters. The van der Waals surface area contributed by atoms with E-state index >= 15 is 0 Å². The minimum atomic E-state index is -1.02. The van der Waals surface area contributed by atoms with Crippen LogP contribution in [0, 0.1) is 28.1 Å². The molecular weight excluding hydrogens is 500 g/mol. The molecule has 0 amide bonds. The van der Waals surface area contributed by atoms with Gasteiger partial charge in [0.1, 0.15) is 5.60 Å². The lowest BCUT2D eigenvalue weighted by Gasteiger charge is -2.66. The van der Waals surface area contributed by atoms with Crippen LogP contribution < -0.4 is 0 Å². The average molecular weight is 541 g/mol. The molecule has 8 nitrogen and oxygen atoms in total. The lowest BCUT2D eigenvalue weighted by atomic mass is 9.39. The molecule has 4 aliphatic carbocycles. The number of carbonyl (C=O) groups excluding carboxylic acids is 1. The summed E-state index contributed by atoms with van der Waals surface area (Å²) in [5.41, 5.74) is -2.63. The normalized spacial score (nSPS) is 50.2. The highest BCUT2D eigenvalue weighted by atomic mass is 16.8. The third-order valence-electron chi connectivity index (χ3n) is 11.3. The average Bonchev–Trinajstić information content (AvgIpc) is 3.46. The van der Waals surface area contributed by atoms with E-state index in [4.69, 9.17) is 28.4 Å². The first-order valence-electron chi connectivity index (χ1n) is 14.2. The van der Waals surface area contributed by atoms with E-state index in [1.807, 2.05) is 44.2 Å². The Morgan fingerprint density at radius 1 is 1.03 bits per heavy atom. The maximum Gasteiger partial charge on any atom is 0.509 e. The Bertz CT molecular complexity index is 1210. The van der Waals surface area contributed by atoms with E-state index in [9.17, 15) is 9.90 Å². The fraction of sp³-hybridized carbons (Fsp3) is 0.710.